The van der Waals surface area contributed by atoms with Gasteiger partial charge in [-0.05, 0) is 12.8 Å². The highest BCUT2D eigenvalue weighted by Gasteiger charge is 2.14. The zero-order chi connectivity index (χ0) is 8.69. The molecular weight excluding hydrogens is 140 g/mol. The molecule has 2 nitrogen and oxygen atoms in total. The van der Waals surface area contributed by atoms with E-state index in [-0.39, 0.29) is 5.92 Å². The van der Waals surface area contributed by atoms with Crippen molar-refractivity contribution in [1.29, 1.82) is 0 Å². The van der Waals surface area contributed by atoms with Gasteiger partial charge in [0.15, 0.2) is 0 Å². The zero-order valence-corrected chi connectivity index (χ0v) is 7.18. The minimum Gasteiger partial charge on any atom is -0.481 e. The second-order valence-electron chi connectivity index (χ2n) is 2.82. The topological polar surface area (TPSA) is 37.3 Å². The van der Waals surface area contributed by atoms with E-state index in [0.29, 0.717) is 0 Å². The van der Waals surface area contributed by atoms with Gasteiger partial charge in [0.2, 0.25) is 0 Å². The summed E-state index contributed by atoms with van der Waals surface area (Å²) in [5, 5.41) is 8.70. The average Bonchev–Trinajstić information content (AvgIpc) is 1.97. The molecule has 0 aliphatic carbocycles. The molecule has 0 saturated heterocycles. The van der Waals surface area contributed by atoms with Crippen LogP contribution in [0.3, 0.4) is 0 Å². The number of hydrogen-bond acceptors (Lipinski definition) is 1. The maximum absolute atomic E-state index is 10.6. The molecule has 1 unspecified atom stereocenters. The van der Waals surface area contributed by atoms with E-state index in [9.17, 15) is 4.79 Å². The van der Waals surface area contributed by atoms with Crippen molar-refractivity contribution in [1.82, 2.24) is 0 Å². The third-order valence-electron chi connectivity index (χ3n) is 1.81. The summed E-state index contributed by atoms with van der Waals surface area (Å²) in [7, 11) is 0. The molecule has 0 aliphatic heterocycles. The van der Waals surface area contributed by atoms with Crippen LogP contribution >= 0.6 is 0 Å². The number of unbranched alkanes of at least 4 members (excludes halogenated alkanes) is 1. The predicted molar refractivity (Wildman–Crippen MR) is 45.2 cm³/mol. The molecule has 1 N–H and O–H groups in total. The smallest absolute Gasteiger partial charge is 0.306 e. The second-order valence-corrected chi connectivity index (χ2v) is 2.82. The molecule has 2 heteroatoms. The van der Waals surface area contributed by atoms with Crippen LogP contribution in [0.2, 0.25) is 0 Å². The van der Waals surface area contributed by atoms with E-state index in [1.165, 1.54) is 0 Å². The molecule has 65 valence electrons. The van der Waals surface area contributed by atoms with Gasteiger partial charge in [0.05, 0.1) is 5.92 Å². The van der Waals surface area contributed by atoms with Gasteiger partial charge in [0, 0.05) is 0 Å². The first-order valence-electron chi connectivity index (χ1n) is 4.24. The lowest BCUT2D eigenvalue weighted by molar-refractivity contribution is -0.142. The Balaban J connectivity index is 3.60. The van der Waals surface area contributed by atoms with Crippen molar-refractivity contribution in [2.75, 3.05) is 0 Å². The fraction of sp³-hybridized carbons (Fsp3) is 0.778. The summed E-state index contributed by atoms with van der Waals surface area (Å²) >= 11 is 0. The lowest BCUT2D eigenvalue weighted by Gasteiger charge is -2.08. The maximum atomic E-state index is 10.6. The first-order valence-corrected chi connectivity index (χ1v) is 4.24. The zero-order valence-electron chi connectivity index (χ0n) is 7.18. The van der Waals surface area contributed by atoms with Gasteiger partial charge in [-0.3, -0.25) is 4.79 Å². The molecule has 0 heterocycles. The molecule has 1 atom stereocenters. The number of carboxylic acid groups (broad SMARTS) is 1. The van der Waals surface area contributed by atoms with Crippen molar-refractivity contribution in [3.8, 4) is 0 Å². The highest BCUT2D eigenvalue weighted by molar-refractivity contribution is 5.69. The number of carbonyl (C=O) groups is 1. The maximum Gasteiger partial charge on any atom is 0.306 e. The quantitative estimate of drug-likeness (QED) is 0.643. The Kier molecular flexibility index (Phi) is 5.90. The number of carboxylic acids is 1. The van der Waals surface area contributed by atoms with Crippen LogP contribution in [0.5, 0.6) is 0 Å². The predicted octanol–water partition coefficient (Wildman–Crippen LogP) is 2.49. The summed E-state index contributed by atoms with van der Waals surface area (Å²) in [6.45, 7) is 5.73. The summed E-state index contributed by atoms with van der Waals surface area (Å²) in [5.74, 6) is -0.824. The number of aliphatic carboxylic acids is 1. The van der Waals surface area contributed by atoms with Crippen molar-refractivity contribution < 1.29 is 9.90 Å². The molecule has 0 aromatic rings. The molecular formula is C9H17O2. The van der Waals surface area contributed by atoms with Crippen molar-refractivity contribution in [2.45, 2.75) is 39.0 Å². The van der Waals surface area contributed by atoms with Crippen LogP contribution < -0.4 is 0 Å². The van der Waals surface area contributed by atoms with Crippen LogP contribution in [0.1, 0.15) is 39.0 Å². The molecule has 11 heavy (non-hydrogen) atoms. The Morgan fingerprint density at radius 1 is 1.55 bits per heavy atom. The molecule has 0 saturated carbocycles. The molecule has 0 fully saturated rings. The lowest BCUT2D eigenvalue weighted by atomic mass is 9.97. The minimum atomic E-state index is -0.665. The van der Waals surface area contributed by atoms with E-state index < -0.39 is 5.97 Å². The Morgan fingerprint density at radius 3 is 2.55 bits per heavy atom. The first kappa shape index (κ1) is 10.5. The largest absolute Gasteiger partial charge is 0.481 e. The molecule has 0 bridgehead atoms. The van der Waals surface area contributed by atoms with Gasteiger partial charge in [-0.1, -0.05) is 33.1 Å². The van der Waals surface area contributed by atoms with E-state index >= 15 is 0 Å². The second kappa shape index (κ2) is 6.20. The van der Waals surface area contributed by atoms with Crippen molar-refractivity contribution in [3.63, 3.8) is 0 Å². The van der Waals surface area contributed by atoms with Crippen LogP contribution in [0.15, 0.2) is 0 Å². The fourth-order valence-corrected chi connectivity index (χ4v) is 1.09. The van der Waals surface area contributed by atoms with Crippen LogP contribution in [0.4, 0.5) is 0 Å². The Morgan fingerprint density at radius 2 is 2.18 bits per heavy atom. The Hall–Kier alpha value is -0.530. The molecule has 0 spiro atoms. The lowest BCUT2D eigenvalue weighted by Crippen LogP contribution is -2.12. The Bertz CT molecular complexity index is 110. The normalized spacial score (nSPS) is 12.9. The van der Waals surface area contributed by atoms with Crippen LogP contribution in [-0.2, 0) is 4.79 Å². The van der Waals surface area contributed by atoms with E-state index in [0.717, 1.165) is 32.1 Å². The van der Waals surface area contributed by atoms with Crippen LogP contribution in [0, 0.1) is 12.8 Å². The third kappa shape index (κ3) is 4.82. The van der Waals surface area contributed by atoms with Gasteiger partial charge in [0.1, 0.15) is 0 Å². The van der Waals surface area contributed by atoms with Crippen LogP contribution in [-0.4, -0.2) is 11.1 Å². The summed E-state index contributed by atoms with van der Waals surface area (Å²) in [6.07, 6.45) is 4.33. The standard InChI is InChI=1S/C9H17O2/c1-3-5-7-8(6-4-2)9(10)11/h8H,2-7H2,1H3,(H,10,11). The van der Waals surface area contributed by atoms with Gasteiger partial charge in [-0.25, -0.2) is 0 Å². The van der Waals surface area contributed by atoms with Gasteiger partial charge >= 0.3 is 5.97 Å². The average molecular weight is 157 g/mol. The summed E-state index contributed by atoms with van der Waals surface area (Å²) < 4.78 is 0. The molecule has 0 aromatic carbocycles. The van der Waals surface area contributed by atoms with Crippen molar-refractivity contribution in [3.05, 3.63) is 6.92 Å². The molecule has 0 amide bonds. The fourth-order valence-electron chi connectivity index (χ4n) is 1.09. The summed E-state index contributed by atoms with van der Waals surface area (Å²) in [6, 6.07) is 0. The van der Waals surface area contributed by atoms with Gasteiger partial charge in [-0.2, -0.15) is 0 Å². The van der Waals surface area contributed by atoms with E-state index in [1.807, 2.05) is 0 Å². The van der Waals surface area contributed by atoms with Crippen molar-refractivity contribution in [2.24, 2.45) is 5.92 Å². The minimum absolute atomic E-state index is 0.160. The van der Waals surface area contributed by atoms with Gasteiger partial charge in [-0.15, -0.1) is 0 Å². The van der Waals surface area contributed by atoms with Gasteiger partial charge in [0.25, 0.3) is 0 Å². The first-order chi connectivity index (χ1) is 5.22. The molecule has 1 radical (unpaired) electrons. The number of hydrogen-bond donors (Lipinski definition) is 1. The molecule has 0 aromatic heterocycles. The van der Waals surface area contributed by atoms with Crippen molar-refractivity contribution >= 4 is 5.97 Å². The summed E-state index contributed by atoms with van der Waals surface area (Å²) in [4.78, 5) is 10.6. The SMILES string of the molecule is [CH2]CCC(CCCC)C(=O)O. The Labute approximate surface area is 68.6 Å². The summed E-state index contributed by atoms with van der Waals surface area (Å²) in [5.41, 5.74) is 0. The third-order valence-corrected chi connectivity index (χ3v) is 1.81. The van der Waals surface area contributed by atoms with Gasteiger partial charge < -0.3 is 5.11 Å². The number of rotatable bonds is 6. The van der Waals surface area contributed by atoms with E-state index in [2.05, 4.69) is 13.8 Å². The monoisotopic (exact) mass is 157 g/mol. The van der Waals surface area contributed by atoms with E-state index in [4.69, 9.17) is 5.11 Å². The van der Waals surface area contributed by atoms with E-state index in [1.54, 1.807) is 0 Å². The van der Waals surface area contributed by atoms with Crippen LogP contribution in [0.25, 0.3) is 0 Å². The molecule has 0 rings (SSSR count). The molecule has 0 aliphatic rings. The highest BCUT2D eigenvalue weighted by atomic mass is 16.4. The highest BCUT2D eigenvalue weighted by Crippen LogP contribution is 2.14.